The molecule has 3 aromatic rings. The molecule has 0 amide bonds. The van der Waals surface area contributed by atoms with E-state index in [0.29, 0.717) is 10.7 Å². The number of pyridine rings is 1. The summed E-state index contributed by atoms with van der Waals surface area (Å²) >= 11 is 7.11. The van der Waals surface area contributed by atoms with Crippen molar-refractivity contribution in [2.24, 2.45) is 0 Å². The third kappa shape index (κ3) is 2.21. The van der Waals surface area contributed by atoms with Crippen molar-refractivity contribution in [2.75, 3.05) is 13.4 Å². The van der Waals surface area contributed by atoms with Gasteiger partial charge in [0.25, 0.3) is 0 Å². The molecule has 0 radical (unpaired) electrons. The van der Waals surface area contributed by atoms with E-state index in [1.165, 1.54) is 4.90 Å². The summed E-state index contributed by atoms with van der Waals surface area (Å²) < 4.78 is 7.72. The summed E-state index contributed by atoms with van der Waals surface area (Å²) in [6.07, 6.45) is 2.05. The number of ether oxygens (including phenoxy) is 1. The van der Waals surface area contributed by atoms with Gasteiger partial charge in [0.1, 0.15) is 0 Å². The predicted molar refractivity (Wildman–Crippen MR) is 84.6 cm³/mol. The van der Waals surface area contributed by atoms with Crippen molar-refractivity contribution >= 4 is 35.1 Å². The van der Waals surface area contributed by atoms with E-state index >= 15 is 0 Å². The number of rotatable bonds is 3. The zero-order chi connectivity index (χ0) is 14.1. The van der Waals surface area contributed by atoms with Gasteiger partial charge in [0.15, 0.2) is 10.4 Å². The standard InChI is InChI=1S/C14H13N3OS2/c1-18-12-8-7-11-13(16-12)17(14(19)15-11)9-3-5-10(20-2)6-4-9/h3-8H,1-2H3,(H,15,19). The van der Waals surface area contributed by atoms with Crippen molar-refractivity contribution in [3.8, 4) is 11.6 Å². The van der Waals surface area contributed by atoms with E-state index in [1.807, 2.05) is 28.8 Å². The van der Waals surface area contributed by atoms with Crippen molar-refractivity contribution in [2.45, 2.75) is 4.90 Å². The molecule has 0 unspecified atom stereocenters. The molecule has 6 heteroatoms. The Morgan fingerprint density at radius 1 is 1.20 bits per heavy atom. The van der Waals surface area contributed by atoms with Gasteiger partial charge in [-0.2, -0.15) is 4.98 Å². The average molecular weight is 303 g/mol. The minimum absolute atomic E-state index is 0.570. The number of imidazole rings is 1. The Morgan fingerprint density at radius 2 is 1.95 bits per heavy atom. The Bertz CT molecular complexity index is 805. The molecule has 0 saturated carbocycles. The molecule has 20 heavy (non-hydrogen) atoms. The van der Waals surface area contributed by atoms with Crippen LogP contribution in [0.4, 0.5) is 0 Å². The van der Waals surface area contributed by atoms with Crippen LogP contribution >= 0.6 is 24.0 Å². The normalized spacial score (nSPS) is 10.9. The highest BCUT2D eigenvalue weighted by molar-refractivity contribution is 7.98. The predicted octanol–water partition coefficient (Wildman–Crippen LogP) is 3.81. The summed E-state index contributed by atoms with van der Waals surface area (Å²) in [5.41, 5.74) is 2.65. The smallest absolute Gasteiger partial charge is 0.215 e. The number of hydrogen-bond acceptors (Lipinski definition) is 4. The number of thioether (sulfide) groups is 1. The molecule has 0 aliphatic heterocycles. The lowest BCUT2D eigenvalue weighted by atomic mass is 10.3. The summed E-state index contributed by atoms with van der Waals surface area (Å²) in [5, 5.41) is 0. The first-order valence-electron chi connectivity index (χ1n) is 6.03. The number of benzene rings is 1. The molecule has 1 N–H and O–H groups in total. The van der Waals surface area contributed by atoms with Crippen LogP contribution in [0, 0.1) is 4.77 Å². The van der Waals surface area contributed by atoms with Crippen LogP contribution in [0.5, 0.6) is 5.88 Å². The summed E-state index contributed by atoms with van der Waals surface area (Å²) in [7, 11) is 1.60. The van der Waals surface area contributed by atoms with Crippen LogP contribution < -0.4 is 4.74 Å². The number of fused-ring (bicyclic) bond motifs is 1. The van der Waals surface area contributed by atoms with E-state index in [2.05, 4.69) is 28.4 Å². The van der Waals surface area contributed by atoms with Gasteiger partial charge < -0.3 is 9.72 Å². The van der Waals surface area contributed by atoms with Crippen molar-refractivity contribution in [1.29, 1.82) is 0 Å². The lowest BCUT2D eigenvalue weighted by Gasteiger charge is -2.05. The number of hydrogen-bond donors (Lipinski definition) is 1. The Balaban J connectivity index is 2.23. The van der Waals surface area contributed by atoms with Gasteiger partial charge in [-0.25, -0.2) is 0 Å². The van der Waals surface area contributed by atoms with Crippen molar-refractivity contribution in [3.63, 3.8) is 0 Å². The Hall–Kier alpha value is -1.79. The van der Waals surface area contributed by atoms with Gasteiger partial charge >= 0.3 is 0 Å². The highest BCUT2D eigenvalue weighted by atomic mass is 32.2. The van der Waals surface area contributed by atoms with Crippen LogP contribution in [0.2, 0.25) is 0 Å². The molecular formula is C14H13N3OS2. The molecule has 3 rings (SSSR count). The van der Waals surface area contributed by atoms with Crippen LogP contribution in [-0.2, 0) is 0 Å². The first-order valence-corrected chi connectivity index (χ1v) is 7.66. The molecule has 1 aromatic carbocycles. The first-order chi connectivity index (χ1) is 9.72. The number of aromatic amines is 1. The maximum Gasteiger partial charge on any atom is 0.215 e. The average Bonchev–Trinajstić information content (AvgIpc) is 2.82. The maximum atomic E-state index is 5.40. The number of aromatic nitrogens is 3. The van der Waals surface area contributed by atoms with E-state index in [1.54, 1.807) is 18.9 Å². The van der Waals surface area contributed by atoms with Gasteiger partial charge in [-0.15, -0.1) is 11.8 Å². The molecule has 0 aliphatic carbocycles. The monoisotopic (exact) mass is 303 g/mol. The number of nitrogens with zero attached hydrogens (tertiary/aromatic N) is 2. The van der Waals surface area contributed by atoms with E-state index < -0.39 is 0 Å². The Kier molecular flexibility index (Phi) is 3.50. The molecule has 0 atom stereocenters. The van der Waals surface area contributed by atoms with Crippen LogP contribution in [-0.4, -0.2) is 27.9 Å². The number of H-pyrrole nitrogens is 1. The fourth-order valence-electron chi connectivity index (χ4n) is 2.05. The fourth-order valence-corrected chi connectivity index (χ4v) is 2.76. The molecule has 0 saturated heterocycles. The number of methoxy groups -OCH3 is 1. The SMILES string of the molecule is COc1ccc2[nH]c(=S)n(-c3ccc(SC)cc3)c2n1. The van der Waals surface area contributed by atoms with E-state index in [9.17, 15) is 0 Å². The third-order valence-corrected chi connectivity index (χ3v) is 4.07. The van der Waals surface area contributed by atoms with Crippen LogP contribution in [0.1, 0.15) is 0 Å². The summed E-state index contributed by atoms with van der Waals surface area (Å²) in [6.45, 7) is 0. The summed E-state index contributed by atoms with van der Waals surface area (Å²) in [4.78, 5) is 8.84. The van der Waals surface area contributed by atoms with E-state index in [4.69, 9.17) is 17.0 Å². The van der Waals surface area contributed by atoms with Gasteiger partial charge in [0.2, 0.25) is 5.88 Å². The fraction of sp³-hybridized carbons (Fsp3) is 0.143. The Labute approximate surface area is 125 Å². The second-order valence-electron chi connectivity index (χ2n) is 4.19. The molecule has 2 aromatic heterocycles. The molecule has 4 nitrogen and oxygen atoms in total. The lowest BCUT2D eigenvalue weighted by molar-refractivity contribution is 0.399. The van der Waals surface area contributed by atoms with Crippen LogP contribution in [0.15, 0.2) is 41.3 Å². The molecule has 0 spiro atoms. The Morgan fingerprint density at radius 3 is 2.60 bits per heavy atom. The summed E-state index contributed by atoms with van der Waals surface area (Å²) in [5.74, 6) is 0.570. The molecule has 102 valence electrons. The van der Waals surface area contributed by atoms with Gasteiger partial charge in [-0.05, 0) is 48.8 Å². The topological polar surface area (TPSA) is 42.8 Å². The zero-order valence-electron chi connectivity index (χ0n) is 11.1. The van der Waals surface area contributed by atoms with Crippen molar-refractivity contribution in [3.05, 3.63) is 41.2 Å². The minimum atomic E-state index is 0.570. The van der Waals surface area contributed by atoms with Crippen LogP contribution in [0.3, 0.4) is 0 Å². The van der Waals surface area contributed by atoms with Gasteiger partial charge in [0.05, 0.1) is 12.6 Å². The summed E-state index contributed by atoms with van der Waals surface area (Å²) in [6, 6.07) is 12.0. The highest BCUT2D eigenvalue weighted by Gasteiger charge is 2.09. The lowest BCUT2D eigenvalue weighted by Crippen LogP contribution is -1.96. The molecule has 2 heterocycles. The first kappa shape index (κ1) is 13.2. The van der Waals surface area contributed by atoms with Gasteiger partial charge in [-0.1, -0.05) is 0 Å². The highest BCUT2D eigenvalue weighted by Crippen LogP contribution is 2.22. The van der Waals surface area contributed by atoms with E-state index in [0.717, 1.165) is 16.9 Å². The van der Waals surface area contributed by atoms with Crippen molar-refractivity contribution in [1.82, 2.24) is 14.5 Å². The largest absolute Gasteiger partial charge is 0.481 e. The number of nitrogens with one attached hydrogen (secondary N) is 1. The quantitative estimate of drug-likeness (QED) is 0.590. The third-order valence-electron chi connectivity index (χ3n) is 3.05. The van der Waals surface area contributed by atoms with Crippen LogP contribution in [0.25, 0.3) is 16.9 Å². The van der Waals surface area contributed by atoms with E-state index in [-0.39, 0.29) is 0 Å². The maximum absolute atomic E-state index is 5.40. The van der Waals surface area contributed by atoms with Crippen molar-refractivity contribution < 1.29 is 4.74 Å². The molecule has 0 fully saturated rings. The molecule has 0 aliphatic rings. The second-order valence-corrected chi connectivity index (χ2v) is 5.45. The minimum Gasteiger partial charge on any atom is -0.481 e. The second kappa shape index (κ2) is 5.30. The van der Waals surface area contributed by atoms with Gasteiger partial charge in [0, 0.05) is 16.6 Å². The van der Waals surface area contributed by atoms with Gasteiger partial charge in [-0.3, -0.25) is 4.57 Å². The molecular weight excluding hydrogens is 290 g/mol. The zero-order valence-corrected chi connectivity index (χ0v) is 12.7. The molecule has 0 bridgehead atoms.